The van der Waals surface area contributed by atoms with Crippen LogP contribution in [0.5, 0.6) is 0 Å². The molecule has 98 valence electrons. The lowest BCUT2D eigenvalue weighted by Crippen LogP contribution is -2.15. The molecule has 0 aliphatic heterocycles. The Morgan fingerprint density at radius 2 is 1.95 bits per heavy atom. The third-order valence-electron chi connectivity index (χ3n) is 2.30. The van der Waals surface area contributed by atoms with Gasteiger partial charge in [0, 0.05) is 18.3 Å². The lowest BCUT2D eigenvalue weighted by atomic mass is 10.2. The molecule has 0 saturated carbocycles. The first-order chi connectivity index (χ1) is 8.97. The second-order valence-electron chi connectivity index (χ2n) is 3.64. The molecule has 0 unspecified atom stereocenters. The van der Waals surface area contributed by atoms with E-state index in [0.29, 0.717) is 0 Å². The number of hydrogen-bond acceptors (Lipinski definition) is 2. The minimum atomic E-state index is -0.772. The third-order valence-corrected chi connectivity index (χ3v) is 2.91. The topological polar surface area (TPSA) is 62.0 Å². The third kappa shape index (κ3) is 3.05. The summed E-state index contributed by atoms with van der Waals surface area (Å²) in [5.74, 6) is -2.12. The van der Waals surface area contributed by atoms with Crippen LogP contribution in [0, 0.1) is 11.6 Å². The molecule has 19 heavy (non-hydrogen) atoms. The SMILES string of the molecule is O=C(Nc1cc(F)c(Br)cc1F)c1ccc(=O)[nH]c1. The second kappa shape index (κ2) is 5.31. The molecule has 4 nitrogen and oxygen atoms in total. The smallest absolute Gasteiger partial charge is 0.257 e. The van der Waals surface area contributed by atoms with Crippen LogP contribution in [0.2, 0.25) is 0 Å². The van der Waals surface area contributed by atoms with Crippen molar-refractivity contribution < 1.29 is 13.6 Å². The molecule has 2 rings (SSSR count). The zero-order chi connectivity index (χ0) is 14.0. The maximum atomic E-state index is 13.5. The Labute approximate surface area is 114 Å². The first-order valence-corrected chi connectivity index (χ1v) is 5.91. The number of pyridine rings is 1. The number of carbonyl (C=O) groups excluding carboxylic acids is 1. The van der Waals surface area contributed by atoms with Gasteiger partial charge in [-0.3, -0.25) is 9.59 Å². The number of halogens is 3. The van der Waals surface area contributed by atoms with Gasteiger partial charge in [0.15, 0.2) is 0 Å². The number of rotatable bonds is 2. The fourth-order valence-electron chi connectivity index (χ4n) is 1.36. The molecule has 0 aliphatic rings. The number of hydrogen-bond donors (Lipinski definition) is 2. The highest BCUT2D eigenvalue weighted by Crippen LogP contribution is 2.23. The van der Waals surface area contributed by atoms with Gasteiger partial charge in [0.2, 0.25) is 5.56 Å². The van der Waals surface area contributed by atoms with Crippen LogP contribution in [-0.2, 0) is 0 Å². The summed E-state index contributed by atoms with van der Waals surface area (Å²) in [5.41, 5.74) is -0.517. The van der Waals surface area contributed by atoms with Crippen LogP contribution in [0.3, 0.4) is 0 Å². The van der Waals surface area contributed by atoms with E-state index in [1.54, 1.807) is 0 Å². The molecule has 0 bridgehead atoms. The van der Waals surface area contributed by atoms with Crippen molar-refractivity contribution >= 4 is 27.5 Å². The molecule has 0 saturated heterocycles. The predicted octanol–water partition coefficient (Wildman–Crippen LogP) is 2.67. The molecular formula is C12H7BrF2N2O2. The van der Waals surface area contributed by atoms with Gasteiger partial charge in [-0.1, -0.05) is 0 Å². The number of aromatic amines is 1. The normalized spacial score (nSPS) is 10.3. The summed E-state index contributed by atoms with van der Waals surface area (Å²) in [6, 6.07) is 4.22. The highest BCUT2D eigenvalue weighted by atomic mass is 79.9. The fourth-order valence-corrected chi connectivity index (χ4v) is 1.68. The molecule has 0 fully saturated rings. The predicted molar refractivity (Wildman–Crippen MR) is 69.1 cm³/mol. The van der Waals surface area contributed by atoms with E-state index in [1.165, 1.54) is 12.3 Å². The van der Waals surface area contributed by atoms with Crippen molar-refractivity contribution in [1.29, 1.82) is 0 Å². The van der Waals surface area contributed by atoms with Crippen LogP contribution in [0.25, 0.3) is 0 Å². The summed E-state index contributed by atoms with van der Waals surface area (Å²) >= 11 is 2.83. The number of amides is 1. The number of benzene rings is 1. The molecule has 0 atom stereocenters. The molecule has 1 amide bonds. The molecule has 2 N–H and O–H groups in total. The van der Waals surface area contributed by atoms with Crippen molar-refractivity contribution in [3.05, 3.63) is 62.5 Å². The van der Waals surface area contributed by atoms with Gasteiger partial charge in [-0.15, -0.1) is 0 Å². The summed E-state index contributed by atoms with van der Waals surface area (Å²) in [6.45, 7) is 0. The van der Waals surface area contributed by atoms with E-state index in [-0.39, 0.29) is 21.3 Å². The van der Waals surface area contributed by atoms with Crippen molar-refractivity contribution in [2.45, 2.75) is 0 Å². The molecule has 7 heteroatoms. The van der Waals surface area contributed by atoms with Crippen molar-refractivity contribution in [1.82, 2.24) is 4.98 Å². The van der Waals surface area contributed by atoms with E-state index in [0.717, 1.165) is 18.2 Å². The van der Waals surface area contributed by atoms with Crippen LogP contribution >= 0.6 is 15.9 Å². The van der Waals surface area contributed by atoms with Gasteiger partial charge < -0.3 is 10.3 Å². The Bertz CT molecular complexity index is 680. The van der Waals surface area contributed by atoms with Crippen LogP contribution in [-0.4, -0.2) is 10.9 Å². The zero-order valence-electron chi connectivity index (χ0n) is 9.34. The van der Waals surface area contributed by atoms with Crippen molar-refractivity contribution in [3.8, 4) is 0 Å². The largest absolute Gasteiger partial charge is 0.328 e. The van der Waals surface area contributed by atoms with E-state index in [4.69, 9.17) is 0 Å². The lowest BCUT2D eigenvalue weighted by molar-refractivity contribution is 0.102. The maximum absolute atomic E-state index is 13.5. The van der Waals surface area contributed by atoms with E-state index in [9.17, 15) is 18.4 Å². The van der Waals surface area contributed by atoms with Crippen molar-refractivity contribution in [2.75, 3.05) is 5.32 Å². The number of H-pyrrole nitrogens is 1. The molecule has 0 radical (unpaired) electrons. The molecule has 1 aromatic carbocycles. The van der Waals surface area contributed by atoms with Gasteiger partial charge in [0.25, 0.3) is 5.91 Å². The summed E-state index contributed by atoms with van der Waals surface area (Å²) in [6.07, 6.45) is 1.19. The Morgan fingerprint density at radius 3 is 2.58 bits per heavy atom. The average molecular weight is 329 g/mol. The Kier molecular flexibility index (Phi) is 3.75. The summed E-state index contributed by atoms with van der Waals surface area (Å²) < 4.78 is 26.7. The highest BCUT2D eigenvalue weighted by Gasteiger charge is 2.12. The summed E-state index contributed by atoms with van der Waals surface area (Å²) in [4.78, 5) is 24.9. The van der Waals surface area contributed by atoms with Gasteiger partial charge in [-0.25, -0.2) is 8.78 Å². The van der Waals surface area contributed by atoms with E-state index in [1.807, 2.05) is 0 Å². The number of nitrogens with one attached hydrogen (secondary N) is 2. The lowest BCUT2D eigenvalue weighted by Gasteiger charge is -2.07. The minimum Gasteiger partial charge on any atom is -0.328 e. The van der Waals surface area contributed by atoms with Crippen molar-refractivity contribution in [2.24, 2.45) is 0 Å². The summed E-state index contributed by atoms with van der Waals surface area (Å²) in [5, 5.41) is 2.22. The maximum Gasteiger partial charge on any atom is 0.257 e. The van der Waals surface area contributed by atoms with Gasteiger partial charge in [0.1, 0.15) is 11.6 Å². The van der Waals surface area contributed by atoms with Gasteiger partial charge >= 0.3 is 0 Å². The average Bonchev–Trinajstić information content (AvgIpc) is 2.36. The first-order valence-electron chi connectivity index (χ1n) is 5.12. The minimum absolute atomic E-state index is 0.0351. The number of aromatic nitrogens is 1. The van der Waals surface area contributed by atoms with E-state index < -0.39 is 17.5 Å². The second-order valence-corrected chi connectivity index (χ2v) is 4.50. The Balaban J connectivity index is 2.26. The first kappa shape index (κ1) is 13.4. The van der Waals surface area contributed by atoms with Gasteiger partial charge in [-0.2, -0.15) is 0 Å². The highest BCUT2D eigenvalue weighted by molar-refractivity contribution is 9.10. The molecule has 1 heterocycles. The standard InChI is InChI=1S/C12H7BrF2N2O2/c13-7-3-9(15)10(4-8(7)14)17-12(19)6-1-2-11(18)16-5-6/h1-5H,(H,16,18)(H,17,19). The monoisotopic (exact) mass is 328 g/mol. The number of anilines is 1. The van der Waals surface area contributed by atoms with Crippen LogP contribution in [0.4, 0.5) is 14.5 Å². The van der Waals surface area contributed by atoms with E-state index in [2.05, 4.69) is 26.2 Å². The summed E-state index contributed by atoms with van der Waals surface area (Å²) in [7, 11) is 0. The Morgan fingerprint density at radius 1 is 1.21 bits per heavy atom. The van der Waals surface area contributed by atoms with Gasteiger partial charge in [0.05, 0.1) is 15.7 Å². The Hall–Kier alpha value is -2.02. The van der Waals surface area contributed by atoms with E-state index >= 15 is 0 Å². The fraction of sp³-hybridized carbons (Fsp3) is 0. The molecular weight excluding hydrogens is 322 g/mol. The molecule has 2 aromatic rings. The zero-order valence-corrected chi connectivity index (χ0v) is 10.9. The number of carbonyl (C=O) groups is 1. The quantitative estimate of drug-likeness (QED) is 0.832. The molecule has 0 spiro atoms. The van der Waals surface area contributed by atoms with Crippen molar-refractivity contribution in [3.63, 3.8) is 0 Å². The van der Waals surface area contributed by atoms with Crippen LogP contribution < -0.4 is 10.9 Å². The molecule has 1 aromatic heterocycles. The van der Waals surface area contributed by atoms with Gasteiger partial charge in [-0.05, 0) is 28.1 Å². The van der Waals surface area contributed by atoms with Crippen LogP contribution in [0.15, 0.2) is 39.7 Å². The van der Waals surface area contributed by atoms with Crippen LogP contribution in [0.1, 0.15) is 10.4 Å². The molecule has 0 aliphatic carbocycles.